The molecule has 1 aromatic rings. The normalized spacial score (nSPS) is 28.8. The van der Waals surface area contributed by atoms with Crippen LogP contribution in [0.4, 0.5) is 0 Å². The summed E-state index contributed by atoms with van der Waals surface area (Å²) in [5, 5.41) is 7.22. The zero-order valence-electron chi connectivity index (χ0n) is 15.8. The number of carbonyl (C=O) groups excluding carboxylic acids is 1. The van der Waals surface area contributed by atoms with Crippen molar-refractivity contribution in [2.75, 3.05) is 32.7 Å². The Morgan fingerprint density at radius 1 is 1.24 bits per heavy atom. The third-order valence-corrected chi connectivity index (χ3v) is 5.94. The molecule has 2 fully saturated rings. The fourth-order valence-electron chi connectivity index (χ4n) is 4.06. The monoisotopic (exact) mass is 348 g/mol. The minimum Gasteiger partial charge on any atom is -0.360 e. The van der Waals surface area contributed by atoms with E-state index in [4.69, 9.17) is 4.52 Å². The maximum atomic E-state index is 12.4. The van der Waals surface area contributed by atoms with Crippen LogP contribution in [0.2, 0.25) is 0 Å². The second kappa shape index (κ2) is 8.32. The Kier molecular flexibility index (Phi) is 6.12. The van der Waals surface area contributed by atoms with Crippen molar-refractivity contribution in [3.8, 4) is 0 Å². The predicted molar refractivity (Wildman–Crippen MR) is 97.1 cm³/mol. The lowest BCUT2D eigenvalue weighted by atomic mass is 9.78. The van der Waals surface area contributed by atoms with E-state index in [9.17, 15) is 4.79 Å². The number of hydrogen-bond acceptors (Lipinski definition) is 5. The van der Waals surface area contributed by atoms with E-state index in [0.29, 0.717) is 24.4 Å². The quantitative estimate of drug-likeness (QED) is 0.882. The van der Waals surface area contributed by atoms with Crippen molar-refractivity contribution in [3.63, 3.8) is 0 Å². The molecule has 140 valence electrons. The maximum Gasteiger partial charge on any atom is 0.234 e. The number of aromatic nitrogens is 1. The molecule has 1 saturated carbocycles. The molecule has 2 heterocycles. The van der Waals surface area contributed by atoms with Gasteiger partial charge in [0.15, 0.2) is 5.76 Å². The molecule has 1 saturated heterocycles. The van der Waals surface area contributed by atoms with Gasteiger partial charge in [-0.15, -0.1) is 0 Å². The molecule has 3 unspecified atom stereocenters. The molecule has 1 N–H and O–H groups in total. The van der Waals surface area contributed by atoms with Crippen molar-refractivity contribution < 1.29 is 9.32 Å². The van der Waals surface area contributed by atoms with Crippen LogP contribution in [-0.4, -0.2) is 59.6 Å². The van der Waals surface area contributed by atoms with Gasteiger partial charge in [-0.1, -0.05) is 31.8 Å². The van der Waals surface area contributed by atoms with E-state index in [-0.39, 0.29) is 5.91 Å². The van der Waals surface area contributed by atoms with Crippen molar-refractivity contribution in [2.45, 2.75) is 52.6 Å². The van der Waals surface area contributed by atoms with Crippen LogP contribution >= 0.6 is 0 Å². The summed E-state index contributed by atoms with van der Waals surface area (Å²) < 4.78 is 5.29. The second-order valence-corrected chi connectivity index (χ2v) is 7.93. The van der Waals surface area contributed by atoms with Gasteiger partial charge < -0.3 is 9.84 Å². The molecule has 0 radical (unpaired) electrons. The van der Waals surface area contributed by atoms with Crippen LogP contribution in [-0.2, 0) is 11.3 Å². The van der Waals surface area contributed by atoms with Crippen molar-refractivity contribution in [1.29, 1.82) is 0 Å². The number of aryl methyl sites for hydroxylation is 1. The first-order valence-corrected chi connectivity index (χ1v) is 9.67. The molecule has 0 bridgehead atoms. The van der Waals surface area contributed by atoms with Gasteiger partial charge in [-0.05, 0) is 25.2 Å². The molecule has 6 nitrogen and oxygen atoms in total. The van der Waals surface area contributed by atoms with E-state index in [1.54, 1.807) is 0 Å². The van der Waals surface area contributed by atoms with E-state index in [1.165, 1.54) is 12.8 Å². The lowest BCUT2D eigenvalue weighted by molar-refractivity contribution is -0.124. The highest BCUT2D eigenvalue weighted by atomic mass is 16.5. The van der Waals surface area contributed by atoms with E-state index in [2.05, 4.69) is 34.1 Å². The van der Waals surface area contributed by atoms with E-state index in [0.717, 1.165) is 50.6 Å². The lowest BCUT2D eigenvalue weighted by Gasteiger charge is -2.36. The van der Waals surface area contributed by atoms with Crippen LogP contribution in [0, 0.1) is 18.8 Å². The summed E-state index contributed by atoms with van der Waals surface area (Å²) in [6.07, 6.45) is 3.65. The Balaban J connectivity index is 1.39. The third kappa shape index (κ3) is 5.05. The first-order valence-electron chi connectivity index (χ1n) is 9.67. The van der Waals surface area contributed by atoms with Crippen molar-refractivity contribution >= 4 is 5.91 Å². The molecule has 2 aliphatic rings. The minimum atomic E-state index is 0.185. The smallest absolute Gasteiger partial charge is 0.234 e. The second-order valence-electron chi connectivity index (χ2n) is 7.93. The third-order valence-electron chi connectivity index (χ3n) is 5.94. The number of rotatable bonds is 5. The SMILES string of the molecule is Cc1cc(CN2CCN(CC(=O)NC3CCCC(C)C3C)CC2)on1. The molecule has 3 atom stereocenters. The minimum absolute atomic E-state index is 0.185. The first-order chi connectivity index (χ1) is 12.0. The van der Waals surface area contributed by atoms with Crippen LogP contribution in [0.1, 0.15) is 44.6 Å². The summed E-state index contributed by atoms with van der Waals surface area (Å²) in [5.74, 6) is 2.40. The summed E-state index contributed by atoms with van der Waals surface area (Å²) >= 11 is 0. The van der Waals surface area contributed by atoms with Gasteiger partial charge in [-0.25, -0.2) is 0 Å². The molecule has 0 spiro atoms. The van der Waals surface area contributed by atoms with E-state index >= 15 is 0 Å². The number of amides is 1. The first kappa shape index (κ1) is 18.4. The van der Waals surface area contributed by atoms with Gasteiger partial charge in [-0.2, -0.15) is 0 Å². The van der Waals surface area contributed by atoms with E-state index in [1.807, 2.05) is 13.0 Å². The van der Waals surface area contributed by atoms with Crippen molar-refractivity contribution in [2.24, 2.45) is 11.8 Å². The molecule has 0 aromatic carbocycles. The fourth-order valence-corrected chi connectivity index (χ4v) is 4.06. The molecule has 25 heavy (non-hydrogen) atoms. The topological polar surface area (TPSA) is 61.6 Å². The molecule has 1 amide bonds. The van der Waals surface area contributed by atoms with E-state index < -0.39 is 0 Å². The maximum absolute atomic E-state index is 12.4. The average Bonchev–Trinajstić information content (AvgIpc) is 2.99. The van der Waals surface area contributed by atoms with Gasteiger partial charge >= 0.3 is 0 Å². The number of nitrogens with zero attached hydrogens (tertiary/aromatic N) is 3. The molecule has 1 aromatic heterocycles. The summed E-state index contributed by atoms with van der Waals surface area (Å²) in [6, 6.07) is 2.35. The van der Waals surface area contributed by atoms with Gasteiger partial charge in [-0.3, -0.25) is 14.6 Å². The van der Waals surface area contributed by atoms with Gasteiger partial charge in [0.1, 0.15) is 0 Å². The summed E-state index contributed by atoms with van der Waals surface area (Å²) in [4.78, 5) is 17.0. The Hall–Kier alpha value is -1.40. The molecule has 1 aliphatic carbocycles. The Bertz CT molecular complexity index is 566. The number of carbonyl (C=O) groups is 1. The van der Waals surface area contributed by atoms with Crippen LogP contribution in [0.25, 0.3) is 0 Å². The van der Waals surface area contributed by atoms with Crippen molar-refractivity contribution in [1.82, 2.24) is 20.3 Å². The summed E-state index contributed by atoms with van der Waals surface area (Å²) in [7, 11) is 0. The molecular weight excluding hydrogens is 316 g/mol. The van der Waals surface area contributed by atoms with Gasteiger partial charge in [0.2, 0.25) is 5.91 Å². The zero-order chi connectivity index (χ0) is 17.8. The summed E-state index contributed by atoms with van der Waals surface area (Å²) in [5.41, 5.74) is 0.927. The van der Waals surface area contributed by atoms with Crippen LogP contribution in [0.3, 0.4) is 0 Å². The highest BCUT2D eigenvalue weighted by molar-refractivity contribution is 5.78. The number of nitrogens with one attached hydrogen (secondary N) is 1. The van der Waals surface area contributed by atoms with Gasteiger partial charge in [0, 0.05) is 38.3 Å². The van der Waals surface area contributed by atoms with Crippen LogP contribution in [0.5, 0.6) is 0 Å². The number of piperazine rings is 1. The van der Waals surface area contributed by atoms with Crippen LogP contribution in [0.15, 0.2) is 10.6 Å². The molecule has 6 heteroatoms. The molecule has 1 aliphatic heterocycles. The lowest BCUT2D eigenvalue weighted by Crippen LogP contribution is -2.51. The Morgan fingerprint density at radius 3 is 2.64 bits per heavy atom. The highest BCUT2D eigenvalue weighted by Crippen LogP contribution is 2.29. The standard InChI is InChI=1S/C19H32N4O2/c1-14-5-4-6-18(16(14)3)20-19(24)13-23-9-7-22(8-10-23)12-17-11-15(2)21-25-17/h11,14,16,18H,4-10,12-13H2,1-3H3,(H,20,24). The molecule has 3 rings (SSSR count). The summed E-state index contributed by atoms with van der Waals surface area (Å²) in [6.45, 7) is 11.6. The highest BCUT2D eigenvalue weighted by Gasteiger charge is 2.29. The van der Waals surface area contributed by atoms with Crippen LogP contribution < -0.4 is 5.32 Å². The zero-order valence-corrected chi connectivity index (χ0v) is 15.8. The van der Waals surface area contributed by atoms with Gasteiger partial charge in [0.05, 0.1) is 18.8 Å². The molecular formula is C19H32N4O2. The largest absolute Gasteiger partial charge is 0.360 e. The fraction of sp³-hybridized carbons (Fsp3) is 0.789. The predicted octanol–water partition coefficient (Wildman–Crippen LogP) is 2.04. The Labute approximate surface area is 150 Å². The Morgan fingerprint density at radius 2 is 1.96 bits per heavy atom. The van der Waals surface area contributed by atoms with Gasteiger partial charge in [0.25, 0.3) is 0 Å². The van der Waals surface area contributed by atoms with Crippen molar-refractivity contribution in [3.05, 3.63) is 17.5 Å². The average molecular weight is 348 g/mol. The number of hydrogen-bond donors (Lipinski definition) is 1.